The molecule has 0 aromatic carbocycles. The van der Waals surface area contributed by atoms with Gasteiger partial charge in [0.25, 0.3) is 5.91 Å². The number of aliphatic carboxylic acids is 1. The Hall–Kier alpha value is -2.64. The van der Waals surface area contributed by atoms with Gasteiger partial charge >= 0.3 is 5.97 Å². The van der Waals surface area contributed by atoms with Gasteiger partial charge in [0.15, 0.2) is 5.69 Å². The van der Waals surface area contributed by atoms with Crippen molar-refractivity contribution in [2.45, 2.75) is 12.5 Å². The summed E-state index contributed by atoms with van der Waals surface area (Å²) in [6.45, 7) is 0. The fourth-order valence-electron chi connectivity index (χ4n) is 1.20. The minimum absolute atomic E-state index is 0.326. The smallest absolute Gasteiger partial charge is 0.326 e. The van der Waals surface area contributed by atoms with Crippen LogP contribution in [-0.4, -0.2) is 39.0 Å². The van der Waals surface area contributed by atoms with Crippen LogP contribution in [0.4, 0.5) is 0 Å². The number of carbonyl (C=O) groups is 3. The monoisotopic (exact) mass is 253 g/mol. The molecule has 1 aromatic rings. The largest absolute Gasteiger partial charge is 0.505 e. The van der Waals surface area contributed by atoms with E-state index >= 15 is 0 Å². The number of aromatic hydroxyl groups is 1. The Labute approximate surface area is 101 Å². The van der Waals surface area contributed by atoms with Gasteiger partial charge < -0.3 is 21.3 Å². The molecule has 8 nitrogen and oxygen atoms in total. The molecule has 0 radical (unpaired) electrons. The first-order valence-electron chi connectivity index (χ1n) is 4.87. The molecule has 1 rings (SSSR count). The third-order valence-electron chi connectivity index (χ3n) is 2.01. The summed E-state index contributed by atoms with van der Waals surface area (Å²) in [7, 11) is 0. The quantitative estimate of drug-likeness (QED) is 0.521. The van der Waals surface area contributed by atoms with E-state index in [-0.39, 0.29) is 5.69 Å². The zero-order chi connectivity index (χ0) is 13.7. The highest BCUT2D eigenvalue weighted by molar-refractivity contribution is 5.97. The number of carbonyl (C=O) groups excluding carboxylic acids is 2. The van der Waals surface area contributed by atoms with Crippen LogP contribution in [0, 0.1) is 0 Å². The molecular weight excluding hydrogens is 242 g/mol. The van der Waals surface area contributed by atoms with Gasteiger partial charge in [-0.25, -0.2) is 9.78 Å². The van der Waals surface area contributed by atoms with Gasteiger partial charge in [-0.2, -0.15) is 0 Å². The molecule has 0 fully saturated rings. The molecule has 0 spiro atoms. The van der Waals surface area contributed by atoms with E-state index in [0.717, 1.165) is 0 Å². The summed E-state index contributed by atoms with van der Waals surface area (Å²) in [6, 6.07) is 1.17. The van der Waals surface area contributed by atoms with Crippen LogP contribution in [0.2, 0.25) is 0 Å². The molecule has 0 aliphatic rings. The van der Waals surface area contributed by atoms with Crippen LogP contribution in [0.15, 0.2) is 18.3 Å². The lowest BCUT2D eigenvalue weighted by atomic mass is 10.2. The minimum atomic E-state index is -1.46. The standard InChI is InChI=1S/C10H11N3O5/c11-7(15)4-5(10(17)18)13-9(16)8-6(14)2-1-3-12-8/h1-3,5,14H,4H2,(H2,11,15)(H,13,16)(H,17,18). The first kappa shape index (κ1) is 13.4. The summed E-state index contributed by atoms with van der Waals surface area (Å²) in [5.41, 5.74) is 4.53. The number of hydrogen-bond donors (Lipinski definition) is 4. The van der Waals surface area contributed by atoms with Crippen LogP contribution in [0.1, 0.15) is 16.9 Å². The molecule has 8 heteroatoms. The van der Waals surface area contributed by atoms with Gasteiger partial charge in [0.05, 0.1) is 6.42 Å². The van der Waals surface area contributed by atoms with E-state index in [9.17, 15) is 19.5 Å². The average Bonchev–Trinajstić information content (AvgIpc) is 2.27. The molecule has 1 heterocycles. The molecule has 0 aliphatic carbocycles. The number of nitrogens with two attached hydrogens (primary N) is 1. The summed E-state index contributed by atoms with van der Waals surface area (Å²) < 4.78 is 0. The van der Waals surface area contributed by atoms with Crippen LogP contribution in [-0.2, 0) is 9.59 Å². The Morgan fingerprint density at radius 3 is 2.61 bits per heavy atom. The molecular formula is C10H11N3O5. The molecule has 1 atom stereocenters. The van der Waals surface area contributed by atoms with Gasteiger partial charge in [0.2, 0.25) is 5.91 Å². The number of aromatic nitrogens is 1. The zero-order valence-electron chi connectivity index (χ0n) is 9.16. The molecule has 18 heavy (non-hydrogen) atoms. The van der Waals surface area contributed by atoms with Crippen molar-refractivity contribution in [2.24, 2.45) is 5.73 Å². The van der Waals surface area contributed by atoms with Crippen LogP contribution in [0.25, 0.3) is 0 Å². The molecule has 1 aromatic heterocycles. The summed E-state index contributed by atoms with van der Waals surface area (Å²) in [4.78, 5) is 36.6. The number of carboxylic acid groups (broad SMARTS) is 1. The van der Waals surface area contributed by atoms with Gasteiger partial charge in [-0.05, 0) is 12.1 Å². The number of hydrogen-bond acceptors (Lipinski definition) is 5. The molecule has 0 saturated carbocycles. The van der Waals surface area contributed by atoms with Crippen molar-refractivity contribution in [1.82, 2.24) is 10.3 Å². The van der Waals surface area contributed by atoms with Gasteiger partial charge in [0.1, 0.15) is 11.8 Å². The molecule has 0 saturated heterocycles. The van der Waals surface area contributed by atoms with Crippen LogP contribution >= 0.6 is 0 Å². The Morgan fingerprint density at radius 2 is 2.11 bits per heavy atom. The lowest BCUT2D eigenvalue weighted by Crippen LogP contribution is -2.43. The number of nitrogens with one attached hydrogen (secondary N) is 1. The Balaban J connectivity index is 2.82. The number of rotatable bonds is 5. The van der Waals surface area contributed by atoms with Crippen LogP contribution < -0.4 is 11.1 Å². The minimum Gasteiger partial charge on any atom is -0.505 e. The Bertz CT molecular complexity index is 488. The average molecular weight is 253 g/mol. The van der Waals surface area contributed by atoms with Crippen LogP contribution in [0.5, 0.6) is 5.75 Å². The van der Waals surface area contributed by atoms with Crippen molar-refractivity contribution in [3.8, 4) is 5.75 Å². The molecule has 2 amide bonds. The lowest BCUT2D eigenvalue weighted by Gasteiger charge is -2.12. The second kappa shape index (κ2) is 5.62. The maximum Gasteiger partial charge on any atom is 0.326 e. The van der Waals surface area contributed by atoms with E-state index in [1.165, 1.54) is 18.3 Å². The SMILES string of the molecule is NC(=O)CC(NC(=O)c1ncccc1O)C(=O)O. The van der Waals surface area contributed by atoms with E-state index in [1.807, 2.05) is 5.32 Å². The van der Waals surface area contributed by atoms with Crippen molar-refractivity contribution in [2.75, 3.05) is 0 Å². The van der Waals surface area contributed by atoms with Crippen molar-refractivity contribution in [3.63, 3.8) is 0 Å². The van der Waals surface area contributed by atoms with Crippen molar-refractivity contribution in [3.05, 3.63) is 24.0 Å². The molecule has 0 bridgehead atoms. The Kier molecular flexibility index (Phi) is 4.19. The van der Waals surface area contributed by atoms with Gasteiger partial charge in [-0.15, -0.1) is 0 Å². The van der Waals surface area contributed by atoms with E-state index in [1.54, 1.807) is 0 Å². The fraction of sp³-hybridized carbons (Fsp3) is 0.200. The van der Waals surface area contributed by atoms with Gasteiger partial charge in [-0.3, -0.25) is 9.59 Å². The van der Waals surface area contributed by atoms with Gasteiger partial charge in [-0.1, -0.05) is 0 Å². The zero-order valence-corrected chi connectivity index (χ0v) is 9.16. The maximum atomic E-state index is 11.6. The Morgan fingerprint density at radius 1 is 1.44 bits per heavy atom. The third-order valence-corrected chi connectivity index (χ3v) is 2.01. The predicted molar refractivity (Wildman–Crippen MR) is 58.6 cm³/mol. The second-order valence-electron chi connectivity index (χ2n) is 3.41. The van der Waals surface area contributed by atoms with E-state index in [2.05, 4.69) is 4.98 Å². The molecule has 1 unspecified atom stereocenters. The first-order chi connectivity index (χ1) is 8.41. The number of primary amides is 1. The highest BCUT2D eigenvalue weighted by Crippen LogP contribution is 2.12. The summed E-state index contributed by atoms with van der Waals surface area (Å²) >= 11 is 0. The van der Waals surface area contributed by atoms with Gasteiger partial charge in [0, 0.05) is 6.20 Å². The maximum absolute atomic E-state index is 11.6. The molecule has 0 aliphatic heterocycles. The lowest BCUT2D eigenvalue weighted by molar-refractivity contribution is -0.140. The van der Waals surface area contributed by atoms with E-state index in [0.29, 0.717) is 0 Å². The summed E-state index contributed by atoms with van der Waals surface area (Å²) in [6.07, 6.45) is 0.715. The number of nitrogens with zero attached hydrogens (tertiary/aromatic N) is 1. The van der Waals surface area contributed by atoms with Crippen LogP contribution in [0.3, 0.4) is 0 Å². The van der Waals surface area contributed by atoms with E-state index in [4.69, 9.17) is 10.8 Å². The first-order valence-corrected chi connectivity index (χ1v) is 4.87. The summed E-state index contributed by atoms with van der Waals surface area (Å²) in [5, 5.41) is 20.2. The van der Waals surface area contributed by atoms with Crippen molar-refractivity contribution in [1.29, 1.82) is 0 Å². The molecule has 5 N–H and O–H groups in total. The predicted octanol–water partition coefficient (Wildman–Crippen LogP) is -1.15. The van der Waals surface area contributed by atoms with Crippen molar-refractivity contribution < 1.29 is 24.6 Å². The topological polar surface area (TPSA) is 143 Å². The molecule has 96 valence electrons. The fourth-order valence-corrected chi connectivity index (χ4v) is 1.20. The second-order valence-corrected chi connectivity index (χ2v) is 3.41. The normalized spacial score (nSPS) is 11.6. The third kappa shape index (κ3) is 3.44. The number of pyridine rings is 1. The number of carboxylic acids is 1. The highest BCUT2D eigenvalue weighted by Gasteiger charge is 2.24. The summed E-state index contributed by atoms with van der Waals surface area (Å²) in [5.74, 6) is -3.56. The van der Waals surface area contributed by atoms with Crippen molar-refractivity contribution >= 4 is 17.8 Å². The van der Waals surface area contributed by atoms with E-state index < -0.39 is 36.0 Å². The highest BCUT2D eigenvalue weighted by atomic mass is 16.4. The number of amides is 2.